The molecule has 0 aliphatic heterocycles. The number of carbonyl (C=O) groups is 1. The third-order valence-corrected chi connectivity index (χ3v) is 5.94. The highest BCUT2D eigenvalue weighted by atomic mass is 79.9. The van der Waals surface area contributed by atoms with Crippen molar-refractivity contribution < 1.29 is 14.3 Å². The van der Waals surface area contributed by atoms with Gasteiger partial charge in [0.25, 0.3) is 5.91 Å². The molecule has 3 rings (SSSR count). The molecule has 3 N–H and O–H groups in total. The third kappa shape index (κ3) is 7.22. The van der Waals surface area contributed by atoms with Gasteiger partial charge >= 0.3 is 0 Å². The molecule has 0 spiro atoms. The Labute approximate surface area is 204 Å². The van der Waals surface area contributed by atoms with Crippen LogP contribution in [0.2, 0.25) is 0 Å². The lowest BCUT2D eigenvalue weighted by Crippen LogP contribution is -2.21. The molecule has 0 atom stereocenters. The van der Waals surface area contributed by atoms with Gasteiger partial charge in [-0.25, -0.2) is 10.1 Å². The molecule has 0 bridgehead atoms. The molecule has 3 aromatic rings. The van der Waals surface area contributed by atoms with Crippen LogP contribution >= 0.6 is 27.7 Å². The molecule has 0 radical (unpaired) electrons. The van der Waals surface area contributed by atoms with Crippen molar-refractivity contribution in [3.8, 4) is 11.5 Å². The molecule has 11 heteroatoms. The summed E-state index contributed by atoms with van der Waals surface area (Å²) in [6.07, 6.45) is 3.59. The van der Waals surface area contributed by atoms with Crippen LogP contribution in [-0.4, -0.2) is 39.9 Å². The average Bonchev–Trinajstić information content (AvgIpc) is 3.17. The van der Waals surface area contributed by atoms with E-state index < -0.39 is 0 Å². The maximum absolute atomic E-state index is 12.0. The standard InChI is InChI=1S/C22H25BrN6O3S/c1-3-4-15-7-10-18(19(11-15)31-2)32-13-20-26-28-22(29(20)24)33-14-21(30)27-25-12-16-5-8-17(23)9-6-16/h5-12H,3-4,13-14,24H2,1-2H3,(H,27,30)/b25-12+. The molecule has 0 aliphatic rings. The van der Waals surface area contributed by atoms with Gasteiger partial charge in [-0.2, -0.15) is 5.10 Å². The molecule has 0 saturated heterocycles. The normalized spacial score (nSPS) is 11.0. The van der Waals surface area contributed by atoms with Crippen molar-refractivity contribution >= 4 is 39.8 Å². The molecule has 0 fully saturated rings. The first-order valence-corrected chi connectivity index (χ1v) is 12.0. The fourth-order valence-electron chi connectivity index (χ4n) is 2.81. The van der Waals surface area contributed by atoms with E-state index in [0.29, 0.717) is 22.5 Å². The Bertz CT molecular complexity index is 1100. The molecule has 1 aromatic heterocycles. The Morgan fingerprint density at radius 3 is 2.76 bits per heavy atom. The Kier molecular flexibility index (Phi) is 9.14. The zero-order chi connectivity index (χ0) is 23.6. The van der Waals surface area contributed by atoms with E-state index in [4.69, 9.17) is 15.3 Å². The van der Waals surface area contributed by atoms with E-state index in [1.165, 1.54) is 10.2 Å². The number of benzene rings is 2. The predicted octanol–water partition coefficient (Wildman–Crippen LogP) is 3.54. The van der Waals surface area contributed by atoms with Gasteiger partial charge < -0.3 is 15.3 Å². The largest absolute Gasteiger partial charge is 0.493 e. The number of amides is 1. The number of rotatable bonds is 11. The molecule has 2 aromatic carbocycles. The molecular formula is C22H25BrN6O3S. The van der Waals surface area contributed by atoms with Crippen LogP contribution in [0.25, 0.3) is 0 Å². The zero-order valence-corrected chi connectivity index (χ0v) is 20.7. The number of nitrogens with one attached hydrogen (secondary N) is 1. The number of carbonyl (C=O) groups excluding carboxylic acids is 1. The highest BCUT2D eigenvalue weighted by molar-refractivity contribution is 9.10. The Hall–Kier alpha value is -3.05. The van der Waals surface area contributed by atoms with Gasteiger partial charge in [0.05, 0.1) is 19.1 Å². The van der Waals surface area contributed by atoms with E-state index >= 15 is 0 Å². The van der Waals surface area contributed by atoms with Crippen LogP contribution in [0.4, 0.5) is 0 Å². The van der Waals surface area contributed by atoms with Crippen LogP contribution in [0.3, 0.4) is 0 Å². The quantitative estimate of drug-likeness (QED) is 0.168. The second-order valence-corrected chi connectivity index (χ2v) is 8.78. The molecule has 0 unspecified atom stereocenters. The number of nitrogens with zero attached hydrogens (tertiary/aromatic N) is 4. The topological polar surface area (TPSA) is 117 Å². The fourth-order valence-corrected chi connectivity index (χ4v) is 3.74. The van der Waals surface area contributed by atoms with Gasteiger partial charge in [0, 0.05) is 4.47 Å². The molecule has 33 heavy (non-hydrogen) atoms. The summed E-state index contributed by atoms with van der Waals surface area (Å²) in [5.41, 5.74) is 4.53. The molecular weight excluding hydrogens is 508 g/mol. The summed E-state index contributed by atoms with van der Waals surface area (Å²) in [5, 5.41) is 12.4. The molecule has 0 aliphatic carbocycles. The number of methoxy groups -OCH3 is 1. The number of hydrazone groups is 1. The van der Waals surface area contributed by atoms with Crippen molar-refractivity contribution in [3.63, 3.8) is 0 Å². The minimum absolute atomic E-state index is 0.0839. The first-order valence-electron chi connectivity index (χ1n) is 10.2. The summed E-state index contributed by atoms with van der Waals surface area (Å²) >= 11 is 4.52. The van der Waals surface area contributed by atoms with Crippen LogP contribution in [-0.2, 0) is 17.8 Å². The van der Waals surface area contributed by atoms with Crippen LogP contribution < -0.4 is 20.7 Å². The Morgan fingerprint density at radius 1 is 1.24 bits per heavy atom. The zero-order valence-electron chi connectivity index (χ0n) is 18.3. The number of halogens is 1. The van der Waals surface area contributed by atoms with E-state index in [1.54, 1.807) is 13.3 Å². The average molecular weight is 533 g/mol. The van der Waals surface area contributed by atoms with Gasteiger partial charge in [-0.3, -0.25) is 4.79 Å². The monoisotopic (exact) mass is 532 g/mol. The summed E-state index contributed by atoms with van der Waals surface area (Å²) in [4.78, 5) is 12.0. The lowest BCUT2D eigenvalue weighted by atomic mass is 10.1. The van der Waals surface area contributed by atoms with Gasteiger partial charge in [-0.05, 0) is 41.8 Å². The second-order valence-electron chi connectivity index (χ2n) is 6.93. The number of hydrogen-bond donors (Lipinski definition) is 2. The molecule has 9 nitrogen and oxygen atoms in total. The summed E-state index contributed by atoms with van der Waals surface area (Å²) in [5.74, 6) is 7.54. The van der Waals surface area contributed by atoms with Gasteiger partial charge in [-0.15, -0.1) is 10.2 Å². The number of aryl methyl sites for hydroxylation is 1. The number of ether oxygens (including phenoxy) is 2. The van der Waals surface area contributed by atoms with Crippen molar-refractivity contribution in [3.05, 3.63) is 63.9 Å². The van der Waals surface area contributed by atoms with Crippen LogP contribution in [0.5, 0.6) is 11.5 Å². The third-order valence-electron chi connectivity index (χ3n) is 4.46. The molecule has 0 saturated carbocycles. The van der Waals surface area contributed by atoms with Crippen LogP contribution in [0.1, 0.15) is 30.3 Å². The predicted molar refractivity (Wildman–Crippen MR) is 132 cm³/mol. The number of aromatic nitrogens is 3. The first kappa shape index (κ1) is 24.6. The van der Waals surface area contributed by atoms with Gasteiger partial charge in [0.15, 0.2) is 17.3 Å². The van der Waals surface area contributed by atoms with Crippen LogP contribution in [0, 0.1) is 0 Å². The number of hydrogen-bond acceptors (Lipinski definition) is 8. The van der Waals surface area contributed by atoms with E-state index in [2.05, 4.69) is 43.6 Å². The lowest BCUT2D eigenvalue weighted by Gasteiger charge is -2.12. The first-order chi connectivity index (χ1) is 16.0. The maximum Gasteiger partial charge on any atom is 0.250 e. The van der Waals surface area contributed by atoms with E-state index in [-0.39, 0.29) is 18.3 Å². The van der Waals surface area contributed by atoms with Crippen molar-refractivity contribution in [2.24, 2.45) is 5.10 Å². The summed E-state index contributed by atoms with van der Waals surface area (Å²) in [7, 11) is 1.60. The summed E-state index contributed by atoms with van der Waals surface area (Å²) < 4.78 is 13.5. The van der Waals surface area contributed by atoms with Gasteiger partial charge in [-0.1, -0.05) is 59.2 Å². The highest BCUT2D eigenvalue weighted by Crippen LogP contribution is 2.29. The summed E-state index contributed by atoms with van der Waals surface area (Å²) in [6.45, 7) is 2.23. The van der Waals surface area contributed by atoms with Crippen molar-refractivity contribution in [2.45, 2.75) is 31.5 Å². The molecule has 1 heterocycles. The lowest BCUT2D eigenvalue weighted by molar-refractivity contribution is -0.118. The van der Waals surface area contributed by atoms with E-state index in [1.807, 2.05) is 42.5 Å². The van der Waals surface area contributed by atoms with Crippen molar-refractivity contribution in [1.29, 1.82) is 0 Å². The van der Waals surface area contributed by atoms with Gasteiger partial charge in [0.1, 0.15) is 6.61 Å². The minimum atomic E-state index is -0.286. The summed E-state index contributed by atoms with van der Waals surface area (Å²) in [6, 6.07) is 13.4. The Morgan fingerprint density at radius 2 is 2.03 bits per heavy atom. The van der Waals surface area contributed by atoms with Crippen molar-refractivity contribution in [2.75, 3.05) is 18.7 Å². The van der Waals surface area contributed by atoms with Gasteiger partial charge in [0.2, 0.25) is 5.16 Å². The smallest absolute Gasteiger partial charge is 0.250 e. The van der Waals surface area contributed by atoms with E-state index in [9.17, 15) is 4.79 Å². The second kappa shape index (κ2) is 12.3. The number of nitrogens with two attached hydrogens (primary N) is 1. The SMILES string of the molecule is CCCc1ccc(OCc2nnc(SCC(=O)N/N=C/c3ccc(Br)cc3)n2N)c(OC)c1. The Balaban J connectivity index is 1.50. The highest BCUT2D eigenvalue weighted by Gasteiger charge is 2.14. The van der Waals surface area contributed by atoms with Crippen LogP contribution in [0.15, 0.2) is 57.2 Å². The van der Waals surface area contributed by atoms with E-state index in [0.717, 1.165) is 34.6 Å². The molecule has 174 valence electrons. The minimum Gasteiger partial charge on any atom is -0.493 e. The maximum atomic E-state index is 12.0. The number of thioether (sulfide) groups is 1. The fraction of sp³-hybridized carbons (Fsp3) is 0.273. The number of nitrogen functional groups attached to an aromatic ring is 1. The van der Waals surface area contributed by atoms with Crippen molar-refractivity contribution in [1.82, 2.24) is 20.3 Å². The molecule has 1 amide bonds.